The van der Waals surface area contributed by atoms with E-state index in [0.29, 0.717) is 31.4 Å². The number of carbonyl (C=O) groups excluding carboxylic acids is 2. The van der Waals surface area contributed by atoms with Crippen molar-refractivity contribution < 1.29 is 22.4 Å². The second-order valence-corrected chi connectivity index (χ2v) is 11.4. The Hall–Kier alpha value is -2.07. The number of piperidine rings is 1. The second-order valence-electron chi connectivity index (χ2n) is 9.46. The van der Waals surface area contributed by atoms with Crippen molar-refractivity contribution in [2.45, 2.75) is 89.8 Å². The van der Waals surface area contributed by atoms with Gasteiger partial charge in [0.2, 0.25) is 27.8 Å². The molecule has 2 heterocycles. The summed E-state index contributed by atoms with van der Waals surface area (Å²) < 4.78 is 40.8. The van der Waals surface area contributed by atoms with E-state index in [4.69, 9.17) is 0 Å². The summed E-state index contributed by atoms with van der Waals surface area (Å²) >= 11 is 0. The van der Waals surface area contributed by atoms with E-state index in [-0.39, 0.29) is 24.1 Å². The van der Waals surface area contributed by atoms with Gasteiger partial charge in [-0.3, -0.25) is 9.59 Å². The fourth-order valence-electron chi connectivity index (χ4n) is 4.90. The van der Waals surface area contributed by atoms with E-state index >= 15 is 0 Å². The molecular formula is C24H37FN4O4S. The monoisotopic (exact) mass is 496 g/mol. The maximum absolute atomic E-state index is 13.2. The van der Waals surface area contributed by atoms with Gasteiger partial charge in [0.15, 0.2) is 0 Å². The number of sulfonamides is 1. The van der Waals surface area contributed by atoms with Gasteiger partial charge in [-0.2, -0.15) is 8.70 Å². The number of halogens is 1. The lowest BCUT2D eigenvalue weighted by atomic mass is 9.91. The Kier molecular flexibility index (Phi) is 9.82. The summed E-state index contributed by atoms with van der Waals surface area (Å²) in [6.07, 6.45) is 9.54. The molecule has 0 spiro atoms. The summed E-state index contributed by atoms with van der Waals surface area (Å²) in [4.78, 5) is 29.6. The van der Waals surface area contributed by atoms with Crippen LogP contribution in [0, 0.1) is 11.9 Å². The first-order valence-corrected chi connectivity index (χ1v) is 14.1. The SMILES string of the molecule is CCCC(NC(=O)C1CCCCN1S(=O)(=O)CC1CCCCC1)C(=O)NCc1ccc(F)nc1. The topological polar surface area (TPSA) is 108 Å². The van der Waals surface area contributed by atoms with Crippen molar-refractivity contribution in [1.82, 2.24) is 19.9 Å². The zero-order valence-corrected chi connectivity index (χ0v) is 20.8. The van der Waals surface area contributed by atoms with Crippen molar-refractivity contribution in [3.05, 3.63) is 29.8 Å². The highest BCUT2D eigenvalue weighted by molar-refractivity contribution is 7.89. The number of rotatable bonds is 10. The third-order valence-electron chi connectivity index (χ3n) is 6.75. The van der Waals surface area contributed by atoms with Gasteiger partial charge in [-0.25, -0.2) is 13.4 Å². The maximum Gasteiger partial charge on any atom is 0.242 e. The van der Waals surface area contributed by atoms with Crippen LogP contribution in [0.1, 0.15) is 76.7 Å². The van der Waals surface area contributed by atoms with Gasteiger partial charge >= 0.3 is 0 Å². The van der Waals surface area contributed by atoms with Crippen molar-refractivity contribution in [1.29, 1.82) is 0 Å². The molecule has 2 fully saturated rings. The fraction of sp³-hybridized carbons (Fsp3) is 0.708. The number of hydrogen-bond donors (Lipinski definition) is 2. The lowest BCUT2D eigenvalue weighted by molar-refractivity contribution is -0.131. The molecule has 34 heavy (non-hydrogen) atoms. The van der Waals surface area contributed by atoms with Gasteiger partial charge in [0.25, 0.3) is 0 Å². The first-order valence-electron chi connectivity index (χ1n) is 12.5. The number of nitrogens with one attached hydrogen (secondary N) is 2. The van der Waals surface area contributed by atoms with Crippen molar-refractivity contribution >= 4 is 21.8 Å². The molecule has 1 saturated heterocycles. The van der Waals surface area contributed by atoms with Crippen LogP contribution >= 0.6 is 0 Å². The van der Waals surface area contributed by atoms with Crippen LogP contribution in [0.2, 0.25) is 0 Å². The fourth-order valence-corrected chi connectivity index (χ4v) is 7.01. The molecule has 0 bridgehead atoms. The van der Waals surface area contributed by atoms with Gasteiger partial charge in [-0.05, 0) is 49.7 Å². The van der Waals surface area contributed by atoms with Gasteiger partial charge in [0, 0.05) is 19.3 Å². The quantitative estimate of drug-likeness (QED) is 0.484. The van der Waals surface area contributed by atoms with Crippen LogP contribution in [0.5, 0.6) is 0 Å². The molecule has 1 aromatic heterocycles. The number of hydrogen-bond acceptors (Lipinski definition) is 5. The molecule has 0 radical (unpaired) electrons. The highest BCUT2D eigenvalue weighted by Crippen LogP contribution is 2.28. The molecule has 2 unspecified atom stereocenters. The predicted octanol–water partition coefficient (Wildman–Crippen LogP) is 2.89. The van der Waals surface area contributed by atoms with E-state index in [1.165, 1.54) is 22.6 Å². The van der Waals surface area contributed by atoms with Crippen molar-refractivity contribution in [2.24, 2.45) is 5.92 Å². The van der Waals surface area contributed by atoms with Gasteiger partial charge in [-0.1, -0.05) is 45.1 Å². The second kappa shape index (κ2) is 12.6. The number of aromatic nitrogens is 1. The van der Waals surface area contributed by atoms with E-state index in [0.717, 1.165) is 44.9 Å². The zero-order valence-electron chi connectivity index (χ0n) is 20.0. The van der Waals surface area contributed by atoms with Crippen LogP contribution in [0.25, 0.3) is 0 Å². The first-order chi connectivity index (χ1) is 16.3. The molecule has 1 aliphatic heterocycles. The molecule has 2 aliphatic rings. The van der Waals surface area contributed by atoms with Crippen LogP contribution in [-0.2, 0) is 26.2 Å². The Labute approximate surface area is 202 Å². The molecule has 10 heteroatoms. The Morgan fingerprint density at radius 2 is 1.88 bits per heavy atom. The third kappa shape index (κ3) is 7.46. The van der Waals surface area contributed by atoms with Crippen molar-refractivity contribution in [2.75, 3.05) is 12.3 Å². The smallest absolute Gasteiger partial charge is 0.242 e. The van der Waals surface area contributed by atoms with Crippen LogP contribution in [-0.4, -0.2) is 53.9 Å². The molecule has 8 nitrogen and oxygen atoms in total. The Balaban J connectivity index is 1.62. The number of nitrogens with zero attached hydrogens (tertiary/aromatic N) is 2. The van der Waals surface area contributed by atoms with Gasteiger partial charge < -0.3 is 10.6 Å². The molecule has 1 saturated carbocycles. The highest BCUT2D eigenvalue weighted by atomic mass is 32.2. The number of amides is 2. The summed E-state index contributed by atoms with van der Waals surface area (Å²) in [7, 11) is -3.56. The Morgan fingerprint density at radius 3 is 2.56 bits per heavy atom. The zero-order chi connectivity index (χ0) is 24.6. The standard InChI is InChI=1S/C24H37FN4O4S/c1-2-8-20(23(30)27-16-19-12-13-22(25)26-15-19)28-24(31)21-11-6-7-14-29(21)34(32,33)17-18-9-4-3-5-10-18/h12-13,15,18,20-21H,2-11,14,16-17H2,1H3,(H,27,30)(H,28,31). The summed E-state index contributed by atoms with van der Waals surface area (Å²) in [5.74, 6) is -1.11. The van der Waals surface area contributed by atoms with E-state index in [1.54, 1.807) is 0 Å². The van der Waals surface area contributed by atoms with Crippen LogP contribution in [0.3, 0.4) is 0 Å². The molecule has 0 aromatic carbocycles. The van der Waals surface area contributed by atoms with Gasteiger partial charge in [-0.15, -0.1) is 0 Å². The van der Waals surface area contributed by atoms with E-state index in [2.05, 4.69) is 15.6 Å². The predicted molar refractivity (Wildman–Crippen MR) is 128 cm³/mol. The molecule has 1 aliphatic carbocycles. The first kappa shape index (κ1) is 26.5. The molecule has 3 rings (SSSR count). The van der Waals surface area contributed by atoms with Crippen molar-refractivity contribution in [3.8, 4) is 0 Å². The average Bonchev–Trinajstić information content (AvgIpc) is 2.83. The lowest BCUT2D eigenvalue weighted by Crippen LogP contribution is -2.56. The average molecular weight is 497 g/mol. The number of carbonyl (C=O) groups is 2. The van der Waals surface area contributed by atoms with Crippen LogP contribution in [0.15, 0.2) is 18.3 Å². The molecular weight excluding hydrogens is 459 g/mol. The molecule has 190 valence electrons. The van der Waals surface area contributed by atoms with E-state index in [1.807, 2.05) is 6.92 Å². The van der Waals surface area contributed by atoms with Crippen LogP contribution < -0.4 is 10.6 Å². The number of pyridine rings is 1. The summed E-state index contributed by atoms with van der Waals surface area (Å²) in [5.41, 5.74) is 0.642. The Morgan fingerprint density at radius 1 is 1.15 bits per heavy atom. The minimum absolute atomic E-state index is 0.0986. The third-order valence-corrected chi connectivity index (χ3v) is 8.79. The van der Waals surface area contributed by atoms with E-state index in [9.17, 15) is 22.4 Å². The lowest BCUT2D eigenvalue weighted by Gasteiger charge is -2.35. The largest absolute Gasteiger partial charge is 0.350 e. The van der Waals surface area contributed by atoms with Gasteiger partial charge in [0.1, 0.15) is 12.1 Å². The molecule has 2 N–H and O–H groups in total. The molecule has 2 amide bonds. The minimum Gasteiger partial charge on any atom is -0.350 e. The molecule has 2 atom stereocenters. The molecule has 1 aromatic rings. The summed E-state index contributed by atoms with van der Waals surface area (Å²) in [6, 6.07) is 1.21. The van der Waals surface area contributed by atoms with Crippen molar-refractivity contribution in [3.63, 3.8) is 0 Å². The highest BCUT2D eigenvalue weighted by Gasteiger charge is 2.39. The Bertz CT molecular complexity index is 919. The normalized spacial score (nSPS) is 21.1. The summed E-state index contributed by atoms with van der Waals surface area (Å²) in [6.45, 7) is 2.42. The summed E-state index contributed by atoms with van der Waals surface area (Å²) in [5, 5.41) is 5.57. The van der Waals surface area contributed by atoms with Gasteiger partial charge in [0.05, 0.1) is 5.75 Å². The van der Waals surface area contributed by atoms with Crippen LogP contribution in [0.4, 0.5) is 4.39 Å². The maximum atomic E-state index is 13.2. The van der Waals surface area contributed by atoms with E-state index < -0.39 is 34.0 Å². The minimum atomic E-state index is -3.56.